The molecule has 0 radical (unpaired) electrons. The maximum absolute atomic E-state index is 13.5. The van der Waals surface area contributed by atoms with Gasteiger partial charge in [-0.05, 0) is 36.8 Å². The number of nitrogens with zero attached hydrogens (tertiary/aromatic N) is 1. The Morgan fingerprint density at radius 1 is 1.42 bits per heavy atom. The Hall–Kier alpha value is -2.43. The highest BCUT2D eigenvalue weighted by molar-refractivity contribution is 5.88. The molecule has 0 amide bonds. The van der Waals surface area contributed by atoms with Gasteiger partial charge in [0.1, 0.15) is 5.82 Å². The Balaban J connectivity index is 2.16. The van der Waals surface area contributed by atoms with Gasteiger partial charge in [-0.25, -0.2) is 9.18 Å². The second-order valence-corrected chi connectivity index (χ2v) is 4.15. The SMILES string of the molecule is CC(Nc1ccc(C(=O)O)c(F)c1)c1cccnc1. The number of carbonyl (C=O) groups is 1. The molecule has 0 bridgehead atoms. The first-order valence-electron chi connectivity index (χ1n) is 5.77. The van der Waals surface area contributed by atoms with Crippen LogP contribution in [0.2, 0.25) is 0 Å². The lowest BCUT2D eigenvalue weighted by molar-refractivity contribution is 0.0692. The van der Waals surface area contributed by atoms with Crippen LogP contribution >= 0.6 is 0 Å². The van der Waals surface area contributed by atoms with Gasteiger partial charge in [-0.2, -0.15) is 0 Å². The molecule has 0 fully saturated rings. The quantitative estimate of drug-likeness (QED) is 0.886. The molecule has 0 aliphatic heterocycles. The van der Waals surface area contributed by atoms with Crippen molar-refractivity contribution in [3.05, 3.63) is 59.7 Å². The van der Waals surface area contributed by atoms with Crippen molar-refractivity contribution in [2.45, 2.75) is 13.0 Å². The third-order valence-corrected chi connectivity index (χ3v) is 2.77. The van der Waals surface area contributed by atoms with Crippen LogP contribution in [0.1, 0.15) is 28.9 Å². The minimum absolute atomic E-state index is 0.0521. The number of rotatable bonds is 4. The zero-order valence-corrected chi connectivity index (χ0v) is 10.3. The van der Waals surface area contributed by atoms with E-state index in [2.05, 4.69) is 10.3 Å². The number of pyridine rings is 1. The number of aromatic nitrogens is 1. The predicted molar refractivity (Wildman–Crippen MR) is 69.6 cm³/mol. The topological polar surface area (TPSA) is 62.2 Å². The number of aromatic carboxylic acids is 1. The summed E-state index contributed by atoms with van der Waals surface area (Å²) >= 11 is 0. The molecular weight excluding hydrogens is 247 g/mol. The van der Waals surface area contributed by atoms with E-state index in [0.717, 1.165) is 5.56 Å². The highest BCUT2D eigenvalue weighted by Crippen LogP contribution is 2.20. The summed E-state index contributed by atoms with van der Waals surface area (Å²) in [5.41, 5.74) is 1.16. The molecule has 1 aromatic carbocycles. The minimum Gasteiger partial charge on any atom is -0.478 e. The molecule has 2 rings (SSSR count). The highest BCUT2D eigenvalue weighted by atomic mass is 19.1. The Morgan fingerprint density at radius 3 is 2.79 bits per heavy atom. The van der Waals surface area contributed by atoms with Crippen molar-refractivity contribution < 1.29 is 14.3 Å². The van der Waals surface area contributed by atoms with Crippen molar-refractivity contribution in [2.75, 3.05) is 5.32 Å². The first-order valence-corrected chi connectivity index (χ1v) is 5.77. The summed E-state index contributed by atoms with van der Waals surface area (Å²) in [6.07, 6.45) is 3.40. The molecule has 0 spiro atoms. The first-order chi connectivity index (χ1) is 9.08. The summed E-state index contributed by atoms with van der Waals surface area (Å²) in [4.78, 5) is 14.7. The van der Waals surface area contributed by atoms with E-state index in [1.54, 1.807) is 18.5 Å². The number of benzene rings is 1. The molecule has 0 saturated carbocycles. The van der Waals surface area contributed by atoms with Gasteiger partial charge < -0.3 is 10.4 Å². The van der Waals surface area contributed by atoms with Crippen LogP contribution in [0.3, 0.4) is 0 Å². The van der Waals surface area contributed by atoms with Crippen LogP contribution < -0.4 is 5.32 Å². The summed E-state index contributed by atoms with van der Waals surface area (Å²) in [6.45, 7) is 1.92. The lowest BCUT2D eigenvalue weighted by atomic mass is 10.1. The summed E-state index contributed by atoms with van der Waals surface area (Å²) < 4.78 is 13.5. The fourth-order valence-corrected chi connectivity index (χ4v) is 1.74. The fraction of sp³-hybridized carbons (Fsp3) is 0.143. The van der Waals surface area contributed by atoms with Crippen molar-refractivity contribution in [2.24, 2.45) is 0 Å². The minimum atomic E-state index is -1.27. The molecule has 0 aliphatic carbocycles. The second-order valence-electron chi connectivity index (χ2n) is 4.15. The molecular formula is C14H13FN2O2. The van der Waals surface area contributed by atoms with E-state index in [1.807, 2.05) is 19.1 Å². The summed E-state index contributed by atoms with van der Waals surface area (Å²) in [5, 5.41) is 11.8. The number of carboxylic acid groups (broad SMARTS) is 1. The number of carboxylic acids is 1. The smallest absolute Gasteiger partial charge is 0.338 e. The number of anilines is 1. The van der Waals surface area contributed by atoms with E-state index in [9.17, 15) is 9.18 Å². The van der Waals surface area contributed by atoms with E-state index in [4.69, 9.17) is 5.11 Å². The van der Waals surface area contributed by atoms with Crippen molar-refractivity contribution in [1.82, 2.24) is 4.98 Å². The molecule has 1 aromatic heterocycles. The first kappa shape index (κ1) is 13.0. The monoisotopic (exact) mass is 260 g/mol. The standard InChI is InChI=1S/C14H13FN2O2/c1-9(10-3-2-6-16-8-10)17-11-4-5-12(14(18)19)13(15)7-11/h2-9,17H,1H3,(H,18,19). The largest absolute Gasteiger partial charge is 0.478 e. The van der Waals surface area contributed by atoms with Gasteiger partial charge in [0.15, 0.2) is 0 Å². The molecule has 1 unspecified atom stereocenters. The number of nitrogens with one attached hydrogen (secondary N) is 1. The molecule has 2 N–H and O–H groups in total. The highest BCUT2D eigenvalue weighted by Gasteiger charge is 2.11. The van der Waals surface area contributed by atoms with Crippen LogP contribution in [0.5, 0.6) is 0 Å². The molecule has 1 heterocycles. The lowest BCUT2D eigenvalue weighted by Gasteiger charge is -2.15. The maximum atomic E-state index is 13.5. The molecule has 1 atom stereocenters. The molecule has 2 aromatic rings. The summed E-state index contributed by atoms with van der Waals surface area (Å²) in [6, 6.07) is 7.64. The van der Waals surface area contributed by atoms with Gasteiger partial charge in [-0.15, -0.1) is 0 Å². The van der Waals surface area contributed by atoms with Crippen LogP contribution in [0.4, 0.5) is 10.1 Å². The average Bonchev–Trinajstić information content (AvgIpc) is 2.39. The van der Waals surface area contributed by atoms with Crippen LogP contribution in [-0.4, -0.2) is 16.1 Å². The van der Waals surface area contributed by atoms with Crippen molar-refractivity contribution in [3.8, 4) is 0 Å². The molecule has 98 valence electrons. The van der Waals surface area contributed by atoms with Gasteiger partial charge in [0.25, 0.3) is 0 Å². The normalized spacial score (nSPS) is 11.9. The Morgan fingerprint density at radius 2 is 2.21 bits per heavy atom. The van der Waals surface area contributed by atoms with Crippen LogP contribution in [-0.2, 0) is 0 Å². The third-order valence-electron chi connectivity index (χ3n) is 2.77. The van der Waals surface area contributed by atoms with E-state index < -0.39 is 11.8 Å². The molecule has 0 saturated heterocycles. The predicted octanol–water partition coefficient (Wildman–Crippen LogP) is 3.09. The van der Waals surface area contributed by atoms with E-state index in [0.29, 0.717) is 5.69 Å². The number of halogens is 1. The molecule has 4 nitrogen and oxygen atoms in total. The lowest BCUT2D eigenvalue weighted by Crippen LogP contribution is -2.08. The van der Waals surface area contributed by atoms with Crippen LogP contribution in [0.15, 0.2) is 42.7 Å². The molecule has 5 heteroatoms. The Kier molecular flexibility index (Phi) is 3.75. The summed E-state index contributed by atoms with van der Waals surface area (Å²) in [5.74, 6) is -2.03. The zero-order chi connectivity index (χ0) is 13.8. The van der Waals surface area contributed by atoms with E-state index in [1.165, 1.54) is 12.1 Å². The molecule has 19 heavy (non-hydrogen) atoms. The Bertz CT molecular complexity index is 587. The van der Waals surface area contributed by atoms with Crippen molar-refractivity contribution in [3.63, 3.8) is 0 Å². The fourth-order valence-electron chi connectivity index (χ4n) is 1.74. The van der Waals surface area contributed by atoms with Crippen LogP contribution in [0, 0.1) is 5.82 Å². The zero-order valence-electron chi connectivity index (χ0n) is 10.3. The third kappa shape index (κ3) is 3.07. The van der Waals surface area contributed by atoms with E-state index >= 15 is 0 Å². The number of hydrogen-bond donors (Lipinski definition) is 2. The Labute approximate surface area is 109 Å². The number of hydrogen-bond acceptors (Lipinski definition) is 3. The van der Waals surface area contributed by atoms with Gasteiger partial charge in [0.2, 0.25) is 0 Å². The maximum Gasteiger partial charge on any atom is 0.338 e. The van der Waals surface area contributed by atoms with Gasteiger partial charge in [0.05, 0.1) is 11.6 Å². The second kappa shape index (κ2) is 5.48. The summed E-state index contributed by atoms with van der Waals surface area (Å²) in [7, 11) is 0. The van der Waals surface area contributed by atoms with Crippen molar-refractivity contribution >= 4 is 11.7 Å². The van der Waals surface area contributed by atoms with Gasteiger partial charge in [0, 0.05) is 18.1 Å². The van der Waals surface area contributed by atoms with E-state index in [-0.39, 0.29) is 11.6 Å². The molecule has 0 aliphatic rings. The average molecular weight is 260 g/mol. The van der Waals surface area contributed by atoms with Crippen molar-refractivity contribution in [1.29, 1.82) is 0 Å². The van der Waals surface area contributed by atoms with Crippen LogP contribution in [0.25, 0.3) is 0 Å². The van der Waals surface area contributed by atoms with Gasteiger partial charge >= 0.3 is 5.97 Å². The van der Waals surface area contributed by atoms with Gasteiger partial charge in [-0.1, -0.05) is 6.07 Å². The van der Waals surface area contributed by atoms with Gasteiger partial charge in [-0.3, -0.25) is 4.98 Å².